The van der Waals surface area contributed by atoms with Crippen molar-refractivity contribution >= 4 is 22.5 Å². The average Bonchev–Trinajstić information content (AvgIpc) is 3.02. The van der Waals surface area contributed by atoms with E-state index >= 15 is 0 Å². The normalized spacial score (nSPS) is 23.4. The van der Waals surface area contributed by atoms with Gasteiger partial charge >= 0.3 is 0 Å². The van der Waals surface area contributed by atoms with E-state index in [1.54, 1.807) is 0 Å². The molecule has 1 unspecified atom stereocenters. The van der Waals surface area contributed by atoms with Gasteiger partial charge in [-0.1, -0.05) is 0 Å². The quantitative estimate of drug-likeness (QED) is 0.794. The van der Waals surface area contributed by atoms with Gasteiger partial charge in [-0.05, 0) is 69.0 Å². The number of hydrogen-bond donors (Lipinski definition) is 3. The third kappa shape index (κ3) is 2.23. The monoisotopic (exact) mass is 283 g/mol. The molecule has 1 aliphatic heterocycles. The molecule has 1 amide bonds. The number of H-pyrrole nitrogens is 1. The summed E-state index contributed by atoms with van der Waals surface area (Å²) in [6.07, 6.45) is 3.34. The minimum atomic E-state index is 0.198. The minimum absolute atomic E-state index is 0.198. The Kier molecular flexibility index (Phi) is 2.82. The zero-order chi connectivity index (χ0) is 14.4. The molecular weight excluding hydrogens is 262 g/mol. The number of rotatable bonds is 2. The average molecular weight is 283 g/mol. The maximum absolute atomic E-state index is 12.5. The van der Waals surface area contributed by atoms with E-state index in [1.165, 1.54) is 0 Å². The lowest BCUT2D eigenvalue weighted by Crippen LogP contribution is -2.31. The van der Waals surface area contributed by atoms with Crippen LogP contribution < -0.4 is 10.6 Å². The van der Waals surface area contributed by atoms with Crippen LogP contribution in [0.1, 0.15) is 25.0 Å². The van der Waals surface area contributed by atoms with E-state index in [0.717, 1.165) is 54.6 Å². The van der Waals surface area contributed by atoms with Gasteiger partial charge in [-0.25, -0.2) is 0 Å². The van der Waals surface area contributed by atoms with Crippen LogP contribution in [0.2, 0.25) is 0 Å². The second kappa shape index (κ2) is 4.60. The molecule has 2 heterocycles. The number of amides is 1. The summed E-state index contributed by atoms with van der Waals surface area (Å²) in [4.78, 5) is 15.8. The van der Waals surface area contributed by atoms with Crippen molar-refractivity contribution < 1.29 is 4.79 Å². The molecule has 1 saturated heterocycles. The largest absolute Gasteiger partial charge is 0.359 e. The Labute approximate surface area is 124 Å². The molecule has 21 heavy (non-hydrogen) atoms. The smallest absolute Gasteiger partial charge is 0.228 e. The predicted molar refractivity (Wildman–Crippen MR) is 84.3 cm³/mol. The van der Waals surface area contributed by atoms with E-state index in [0.29, 0.717) is 5.41 Å². The van der Waals surface area contributed by atoms with Gasteiger partial charge < -0.3 is 15.6 Å². The van der Waals surface area contributed by atoms with E-state index in [-0.39, 0.29) is 11.8 Å². The van der Waals surface area contributed by atoms with Crippen LogP contribution in [0, 0.1) is 18.3 Å². The number of fused-ring (bicyclic) bond motifs is 1. The Balaban J connectivity index is 1.48. The van der Waals surface area contributed by atoms with E-state index in [4.69, 9.17) is 0 Å². The first kappa shape index (κ1) is 12.9. The summed E-state index contributed by atoms with van der Waals surface area (Å²) in [5, 5.41) is 7.63. The van der Waals surface area contributed by atoms with E-state index in [9.17, 15) is 4.79 Å². The highest BCUT2D eigenvalue weighted by atomic mass is 16.2. The molecule has 110 valence electrons. The number of benzene rings is 1. The molecule has 2 aliphatic rings. The van der Waals surface area contributed by atoms with Crippen molar-refractivity contribution in [2.45, 2.75) is 26.2 Å². The van der Waals surface area contributed by atoms with E-state index in [1.807, 2.05) is 25.1 Å². The van der Waals surface area contributed by atoms with Gasteiger partial charge in [-0.2, -0.15) is 0 Å². The van der Waals surface area contributed by atoms with Gasteiger partial charge in [0.05, 0.1) is 0 Å². The van der Waals surface area contributed by atoms with Crippen LogP contribution in [0.25, 0.3) is 10.9 Å². The lowest BCUT2D eigenvalue weighted by Gasteiger charge is -2.23. The number of aromatic amines is 1. The summed E-state index contributed by atoms with van der Waals surface area (Å²) in [5.41, 5.74) is 3.46. The summed E-state index contributed by atoms with van der Waals surface area (Å²) in [6.45, 7) is 4.15. The first-order chi connectivity index (χ1) is 10.2. The molecule has 0 radical (unpaired) electrons. The van der Waals surface area contributed by atoms with Gasteiger partial charge in [0.1, 0.15) is 0 Å². The van der Waals surface area contributed by atoms with Crippen molar-refractivity contribution in [2.75, 3.05) is 18.4 Å². The number of anilines is 1. The number of hydrogen-bond acceptors (Lipinski definition) is 2. The molecule has 0 bridgehead atoms. The third-order valence-corrected chi connectivity index (χ3v) is 5.13. The van der Waals surface area contributed by atoms with E-state index in [2.05, 4.69) is 21.7 Å². The van der Waals surface area contributed by atoms with Crippen LogP contribution in [0.15, 0.2) is 24.3 Å². The fourth-order valence-corrected chi connectivity index (χ4v) is 3.78. The molecule has 1 saturated carbocycles. The number of aromatic nitrogens is 1. The molecular formula is C17H21N3O. The number of aryl methyl sites for hydroxylation is 1. The van der Waals surface area contributed by atoms with Gasteiger partial charge in [0.25, 0.3) is 0 Å². The Bertz CT molecular complexity index is 697. The zero-order valence-electron chi connectivity index (χ0n) is 12.3. The molecule has 3 N–H and O–H groups in total. The van der Waals surface area contributed by atoms with Crippen molar-refractivity contribution in [1.82, 2.24) is 10.3 Å². The fraction of sp³-hybridized carbons (Fsp3) is 0.471. The maximum Gasteiger partial charge on any atom is 0.228 e. The fourth-order valence-electron chi connectivity index (χ4n) is 3.78. The molecule has 2 aromatic rings. The highest BCUT2D eigenvalue weighted by Crippen LogP contribution is 2.58. The Hall–Kier alpha value is -1.81. The van der Waals surface area contributed by atoms with Crippen LogP contribution in [0.5, 0.6) is 0 Å². The molecule has 4 nitrogen and oxygen atoms in total. The summed E-state index contributed by atoms with van der Waals surface area (Å²) in [7, 11) is 0. The molecule has 1 spiro atoms. The highest BCUT2D eigenvalue weighted by Gasteiger charge is 2.57. The van der Waals surface area contributed by atoms with Crippen molar-refractivity contribution in [3.8, 4) is 0 Å². The van der Waals surface area contributed by atoms with E-state index < -0.39 is 0 Å². The van der Waals surface area contributed by atoms with Crippen LogP contribution in [-0.4, -0.2) is 24.0 Å². The molecule has 4 rings (SSSR count). The topological polar surface area (TPSA) is 56.9 Å². The molecule has 1 aliphatic carbocycles. The number of piperidine rings is 1. The second-order valence-corrected chi connectivity index (χ2v) is 6.61. The van der Waals surface area contributed by atoms with Gasteiger partial charge in [-0.15, -0.1) is 0 Å². The Morgan fingerprint density at radius 2 is 2.10 bits per heavy atom. The first-order valence-corrected chi connectivity index (χ1v) is 7.77. The lowest BCUT2D eigenvalue weighted by atomic mass is 9.92. The SMILES string of the molecule is Cc1cc2cc(NC(=O)C3CC34CCNCC4)ccc2[nH]1. The first-order valence-electron chi connectivity index (χ1n) is 7.77. The summed E-state index contributed by atoms with van der Waals surface area (Å²) in [5.74, 6) is 0.409. The number of carbonyl (C=O) groups excluding carboxylic acids is 1. The van der Waals surface area contributed by atoms with Crippen molar-refractivity contribution in [2.24, 2.45) is 11.3 Å². The second-order valence-electron chi connectivity index (χ2n) is 6.61. The lowest BCUT2D eigenvalue weighted by molar-refractivity contribution is -0.118. The van der Waals surface area contributed by atoms with Gasteiger partial charge in [-0.3, -0.25) is 4.79 Å². The van der Waals surface area contributed by atoms with Gasteiger partial charge in [0.2, 0.25) is 5.91 Å². The minimum Gasteiger partial charge on any atom is -0.359 e. The van der Waals surface area contributed by atoms with Gasteiger partial charge in [0.15, 0.2) is 0 Å². The van der Waals surface area contributed by atoms with Crippen LogP contribution in [0.3, 0.4) is 0 Å². The van der Waals surface area contributed by atoms with Crippen LogP contribution in [-0.2, 0) is 4.79 Å². The Morgan fingerprint density at radius 3 is 2.90 bits per heavy atom. The number of nitrogens with one attached hydrogen (secondary N) is 3. The highest BCUT2D eigenvalue weighted by molar-refractivity contribution is 5.97. The van der Waals surface area contributed by atoms with Crippen molar-refractivity contribution in [3.63, 3.8) is 0 Å². The summed E-state index contributed by atoms with van der Waals surface area (Å²) >= 11 is 0. The van der Waals surface area contributed by atoms with Gasteiger partial charge in [0, 0.05) is 28.2 Å². The van der Waals surface area contributed by atoms with Crippen LogP contribution in [0.4, 0.5) is 5.69 Å². The molecule has 4 heteroatoms. The predicted octanol–water partition coefficient (Wildman–Crippen LogP) is 2.80. The Morgan fingerprint density at radius 1 is 1.29 bits per heavy atom. The van der Waals surface area contributed by atoms with Crippen molar-refractivity contribution in [1.29, 1.82) is 0 Å². The summed E-state index contributed by atoms with van der Waals surface area (Å²) < 4.78 is 0. The zero-order valence-corrected chi connectivity index (χ0v) is 12.3. The summed E-state index contributed by atoms with van der Waals surface area (Å²) in [6, 6.07) is 8.17. The third-order valence-electron chi connectivity index (χ3n) is 5.13. The maximum atomic E-state index is 12.5. The molecule has 2 fully saturated rings. The van der Waals surface area contributed by atoms with Crippen LogP contribution >= 0.6 is 0 Å². The standard InChI is InChI=1S/C17H21N3O/c1-11-8-12-9-13(2-3-15(12)19-11)20-16(21)14-10-17(14)4-6-18-7-5-17/h2-3,8-9,14,18-19H,4-7,10H2,1H3,(H,20,21). The number of carbonyl (C=O) groups is 1. The van der Waals surface area contributed by atoms with Crippen molar-refractivity contribution in [3.05, 3.63) is 30.0 Å². The molecule has 1 aromatic carbocycles. The molecule has 1 atom stereocenters. The molecule has 1 aromatic heterocycles.